The first kappa shape index (κ1) is 20.8. The SMILES string of the molecule is Cc1cc(COc2ccc(C(=O)NC3CNCCC3C(N)=O)cc2)c2ccccc2n1. The lowest BCUT2D eigenvalue weighted by Crippen LogP contribution is -2.54. The van der Waals surface area contributed by atoms with Crippen LogP contribution in [0.3, 0.4) is 0 Å². The summed E-state index contributed by atoms with van der Waals surface area (Å²) in [5.74, 6) is -0.299. The molecule has 7 heteroatoms. The molecule has 1 fully saturated rings. The fraction of sp³-hybridized carbons (Fsp3) is 0.292. The number of ether oxygens (including phenoxy) is 1. The molecule has 3 aromatic rings. The molecule has 1 aliphatic rings. The van der Waals surface area contributed by atoms with Gasteiger partial charge in [-0.15, -0.1) is 0 Å². The summed E-state index contributed by atoms with van der Waals surface area (Å²) in [5, 5.41) is 7.17. The molecule has 2 atom stereocenters. The first-order chi connectivity index (χ1) is 15.0. The number of aromatic nitrogens is 1. The van der Waals surface area contributed by atoms with Gasteiger partial charge < -0.3 is 21.1 Å². The number of carbonyl (C=O) groups excluding carboxylic acids is 2. The number of benzene rings is 2. The molecule has 4 N–H and O–H groups in total. The van der Waals surface area contributed by atoms with E-state index in [9.17, 15) is 9.59 Å². The van der Waals surface area contributed by atoms with Gasteiger partial charge in [-0.05, 0) is 56.3 Å². The zero-order valence-electron chi connectivity index (χ0n) is 17.4. The van der Waals surface area contributed by atoms with Crippen LogP contribution in [0, 0.1) is 12.8 Å². The molecule has 160 valence electrons. The quantitative estimate of drug-likeness (QED) is 0.570. The number of rotatable bonds is 6. The predicted molar refractivity (Wildman–Crippen MR) is 119 cm³/mol. The topological polar surface area (TPSA) is 106 Å². The van der Waals surface area contributed by atoms with Crippen molar-refractivity contribution in [1.82, 2.24) is 15.6 Å². The number of nitrogens with two attached hydrogens (primary N) is 1. The number of hydrogen-bond acceptors (Lipinski definition) is 5. The molecule has 0 aliphatic carbocycles. The molecule has 1 aliphatic heterocycles. The van der Waals surface area contributed by atoms with Gasteiger partial charge in [0.2, 0.25) is 5.91 Å². The summed E-state index contributed by atoms with van der Waals surface area (Å²) in [6.45, 7) is 3.62. The Bertz CT molecular complexity index is 1100. The van der Waals surface area contributed by atoms with Crippen molar-refractivity contribution in [3.8, 4) is 5.75 Å². The second-order valence-corrected chi connectivity index (χ2v) is 7.83. The zero-order valence-corrected chi connectivity index (χ0v) is 17.4. The van der Waals surface area contributed by atoms with Gasteiger partial charge in [-0.1, -0.05) is 18.2 Å². The maximum atomic E-state index is 12.6. The highest BCUT2D eigenvalue weighted by molar-refractivity contribution is 5.95. The second kappa shape index (κ2) is 9.14. The summed E-state index contributed by atoms with van der Waals surface area (Å²) in [4.78, 5) is 28.8. The van der Waals surface area contributed by atoms with E-state index in [-0.39, 0.29) is 23.8 Å². The van der Waals surface area contributed by atoms with Crippen LogP contribution in [-0.2, 0) is 11.4 Å². The van der Waals surface area contributed by atoms with E-state index in [0.29, 0.717) is 30.9 Å². The van der Waals surface area contributed by atoms with Gasteiger partial charge in [0.15, 0.2) is 0 Å². The average Bonchev–Trinajstić information content (AvgIpc) is 2.78. The molecule has 0 spiro atoms. The maximum Gasteiger partial charge on any atom is 0.251 e. The summed E-state index contributed by atoms with van der Waals surface area (Å²) >= 11 is 0. The third kappa shape index (κ3) is 4.83. The van der Waals surface area contributed by atoms with Gasteiger partial charge in [-0.3, -0.25) is 14.6 Å². The Balaban J connectivity index is 1.41. The number of carbonyl (C=O) groups is 2. The van der Waals surface area contributed by atoms with Gasteiger partial charge in [0, 0.05) is 28.8 Å². The van der Waals surface area contributed by atoms with Gasteiger partial charge in [-0.2, -0.15) is 0 Å². The average molecular weight is 418 g/mol. The molecule has 4 rings (SSSR count). The fourth-order valence-electron chi connectivity index (χ4n) is 3.98. The fourth-order valence-corrected chi connectivity index (χ4v) is 3.98. The van der Waals surface area contributed by atoms with Crippen LogP contribution < -0.4 is 21.1 Å². The highest BCUT2D eigenvalue weighted by atomic mass is 16.5. The van der Waals surface area contributed by atoms with Gasteiger partial charge in [0.1, 0.15) is 12.4 Å². The van der Waals surface area contributed by atoms with E-state index >= 15 is 0 Å². The molecule has 0 radical (unpaired) electrons. The van der Waals surface area contributed by atoms with Crippen LogP contribution in [0.5, 0.6) is 5.75 Å². The van der Waals surface area contributed by atoms with Gasteiger partial charge >= 0.3 is 0 Å². The summed E-state index contributed by atoms with van der Waals surface area (Å²) in [6.07, 6.45) is 0.621. The molecule has 1 aromatic heterocycles. The van der Waals surface area contributed by atoms with Crippen molar-refractivity contribution in [3.63, 3.8) is 0 Å². The Labute approximate surface area is 181 Å². The number of amides is 2. The van der Waals surface area contributed by atoms with Gasteiger partial charge in [0.25, 0.3) is 5.91 Å². The molecular formula is C24H26N4O3. The van der Waals surface area contributed by atoms with Crippen molar-refractivity contribution in [3.05, 3.63) is 71.4 Å². The monoisotopic (exact) mass is 418 g/mol. The van der Waals surface area contributed by atoms with Crippen LogP contribution in [0.1, 0.15) is 28.0 Å². The van der Waals surface area contributed by atoms with Crippen molar-refractivity contribution in [2.24, 2.45) is 11.7 Å². The third-order valence-electron chi connectivity index (χ3n) is 5.60. The maximum absolute atomic E-state index is 12.6. The Morgan fingerprint density at radius 2 is 1.97 bits per heavy atom. The summed E-state index contributed by atoms with van der Waals surface area (Å²) in [6, 6.07) is 16.7. The molecule has 0 bridgehead atoms. The minimum absolute atomic E-state index is 0.234. The van der Waals surface area contributed by atoms with E-state index in [1.807, 2.05) is 37.3 Å². The summed E-state index contributed by atoms with van der Waals surface area (Å²) < 4.78 is 5.96. The lowest BCUT2D eigenvalue weighted by Gasteiger charge is -2.30. The lowest BCUT2D eigenvalue weighted by atomic mass is 9.92. The molecule has 0 saturated carbocycles. The number of nitrogens with zero attached hydrogens (tertiary/aromatic N) is 1. The van der Waals surface area contributed by atoms with E-state index in [1.165, 1.54) is 0 Å². The molecular weight excluding hydrogens is 392 g/mol. The van der Waals surface area contributed by atoms with E-state index in [4.69, 9.17) is 10.5 Å². The minimum atomic E-state index is -0.380. The number of nitrogens with one attached hydrogen (secondary N) is 2. The number of primary amides is 1. The molecule has 2 amide bonds. The first-order valence-electron chi connectivity index (χ1n) is 10.4. The van der Waals surface area contributed by atoms with Crippen LogP contribution >= 0.6 is 0 Å². The highest BCUT2D eigenvalue weighted by Gasteiger charge is 2.30. The standard InChI is InChI=1S/C24H26N4O3/c1-15-12-17(19-4-2-3-5-21(19)27-15)14-31-18-8-6-16(7-9-18)24(30)28-22-13-26-11-10-20(22)23(25)29/h2-9,12,20,22,26H,10-11,13-14H2,1H3,(H2,25,29)(H,28,30). The number of aryl methyl sites for hydroxylation is 1. The predicted octanol–water partition coefficient (Wildman–Crippen LogP) is 2.32. The first-order valence-corrected chi connectivity index (χ1v) is 10.4. The Hall–Kier alpha value is -3.45. The van der Waals surface area contributed by atoms with E-state index in [0.717, 1.165) is 28.7 Å². The van der Waals surface area contributed by atoms with Crippen LogP contribution in [0.2, 0.25) is 0 Å². The molecule has 2 heterocycles. The molecule has 2 unspecified atom stereocenters. The van der Waals surface area contributed by atoms with E-state index in [1.54, 1.807) is 24.3 Å². The zero-order chi connectivity index (χ0) is 21.8. The highest BCUT2D eigenvalue weighted by Crippen LogP contribution is 2.21. The number of piperidine rings is 1. The van der Waals surface area contributed by atoms with Gasteiger partial charge in [-0.25, -0.2) is 0 Å². The van der Waals surface area contributed by atoms with Crippen molar-refractivity contribution in [2.45, 2.75) is 26.0 Å². The van der Waals surface area contributed by atoms with Crippen molar-refractivity contribution in [2.75, 3.05) is 13.1 Å². The second-order valence-electron chi connectivity index (χ2n) is 7.83. The number of hydrogen-bond donors (Lipinski definition) is 3. The largest absolute Gasteiger partial charge is 0.489 e. The third-order valence-corrected chi connectivity index (χ3v) is 5.60. The van der Waals surface area contributed by atoms with Crippen LogP contribution in [0.4, 0.5) is 0 Å². The summed E-state index contributed by atoms with van der Waals surface area (Å²) in [5.41, 5.74) is 8.93. The smallest absolute Gasteiger partial charge is 0.251 e. The van der Waals surface area contributed by atoms with E-state index < -0.39 is 0 Å². The van der Waals surface area contributed by atoms with Gasteiger partial charge in [0.05, 0.1) is 17.5 Å². The van der Waals surface area contributed by atoms with Crippen LogP contribution in [0.15, 0.2) is 54.6 Å². The number of para-hydroxylation sites is 1. The Kier molecular flexibility index (Phi) is 6.13. The lowest BCUT2D eigenvalue weighted by molar-refractivity contribution is -0.123. The summed E-state index contributed by atoms with van der Waals surface area (Å²) in [7, 11) is 0. The normalized spacial score (nSPS) is 18.5. The van der Waals surface area contributed by atoms with Crippen molar-refractivity contribution in [1.29, 1.82) is 0 Å². The minimum Gasteiger partial charge on any atom is -0.489 e. The number of fused-ring (bicyclic) bond motifs is 1. The van der Waals surface area contributed by atoms with Crippen LogP contribution in [-0.4, -0.2) is 35.9 Å². The molecule has 2 aromatic carbocycles. The van der Waals surface area contributed by atoms with Crippen molar-refractivity contribution >= 4 is 22.7 Å². The van der Waals surface area contributed by atoms with E-state index in [2.05, 4.69) is 15.6 Å². The number of pyridine rings is 1. The molecule has 7 nitrogen and oxygen atoms in total. The molecule has 1 saturated heterocycles. The van der Waals surface area contributed by atoms with Crippen molar-refractivity contribution < 1.29 is 14.3 Å². The Morgan fingerprint density at radius 3 is 2.74 bits per heavy atom. The molecule has 31 heavy (non-hydrogen) atoms. The van der Waals surface area contributed by atoms with Crippen LogP contribution in [0.25, 0.3) is 10.9 Å². The Morgan fingerprint density at radius 1 is 1.19 bits per heavy atom.